The van der Waals surface area contributed by atoms with Crippen molar-refractivity contribution in [1.29, 1.82) is 0 Å². The summed E-state index contributed by atoms with van der Waals surface area (Å²) in [6, 6.07) is 2.98. The van der Waals surface area contributed by atoms with Crippen molar-refractivity contribution in [2.24, 2.45) is 0 Å². The van der Waals surface area contributed by atoms with E-state index in [2.05, 4.69) is 5.32 Å². The second kappa shape index (κ2) is 3.38. The van der Waals surface area contributed by atoms with Crippen LogP contribution in [-0.2, 0) is 0 Å². The normalized spacial score (nSPS) is 9.77. The molecular formula is C8H9FN2O2. The van der Waals surface area contributed by atoms with Crippen LogP contribution < -0.4 is 5.32 Å². The molecule has 0 saturated carbocycles. The van der Waals surface area contributed by atoms with E-state index < -0.39 is 16.4 Å². The maximum absolute atomic E-state index is 13.2. The maximum Gasteiger partial charge on any atom is 0.327 e. The number of nitro groups is 1. The highest BCUT2D eigenvalue weighted by Crippen LogP contribution is 2.28. The number of nitrogens with one attached hydrogen (secondary N) is 1. The molecule has 1 aromatic rings. The molecule has 0 fully saturated rings. The van der Waals surface area contributed by atoms with Crippen molar-refractivity contribution in [1.82, 2.24) is 0 Å². The van der Waals surface area contributed by atoms with E-state index in [1.54, 1.807) is 0 Å². The van der Waals surface area contributed by atoms with Crippen molar-refractivity contribution in [2.75, 3.05) is 12.4 Å². The van der Waals surface area contributed by atoms with Crippen LogP contribution in [0.25, 0.3) is 0 Å². The van der Waals surface area contributed by atoms with Crippen molar-refractivity contribution in [2.45, 2.75) is 6.92 Å². The molecule has 1 aromatic carbocycles. The van der Waals surface area contributed by atoms with Gasteiger partial charge in [0.15, 0.2) is 0 Å². The minimum absolute atomic E-state index is 0.188. The first-order chi connectivity index (χ1) is 6.07. The lowest BCUT2D eigenvalue weighted by atomic mass is 10.2. The number of aryl methyl sites for hydroxylation is 1. The third kappa shape index (κ3) is 1.58. The number of nitro benzene ring substituents is 1. The summed E-state index contributed by atoms with van der Waals surface area (Å²) in [4.78, 5) is 9.75. The van der Waals surface area contributed by atoms with Crippen LogP contribution in [0.2, 0.25) is 0 Å². The summed E-state index contributed by atoms with van der Waals surface area (Å²) >= 11 is 0. The summed E-state index contributed by atoms with van der Waals surface area (Å²) in [6.45, 7) is 1.49. The Morgan fingerprint density at radius 3 is 2.62 bits per heavy atom. The van der Waals surface area contributed by atoms with Crippen LogP contribution in [0.5, 0.6) is 0 Å². The Kier molecular flexibility index (Phi) is 2.46. The van der Waals surface area contributed by atoms with Gasteiger partial charge in [0.1, 0.15) is 5.69 Å². The topological polar surface area (TPSA) is 55.2 Å². The van der Waals surface area contributed by atoms with Crippen molar-refractivity contribution >= 4 is 11.4 Å². The van der Waals surface area contributed by atoms with Gasteiger partial charge in [0.05, 0.1) is 4.92 Å². The minimum atomic E-state index is -0.781. The molecule has 4 nitrogen and oxygen atoms in total. The van der Waals surface area contributed by atoms with Crippen LogP contribution in [-0.4, -0.2) is 12.0 Å². The van der Waals surface area contributed by atoms with E-state index >= 15 is 0 Å². The monoisotopic (exact) mass is 184 g/mol. The van der Waals surface area contributed by atoms with Crippen molar-refractivity contribution in [3.63, 3.8) is 0 Å². The lowest BCUT2D eigenvalue weighted by Gasteiger charge is -2.03. The Bertz CT molecular complexity index is 352. The molecule has 0 spiro atoms. The highest BCUT2D eigenvalue weighted by Gasteiger charge is 2.20. The molecular weight excluding hydrogens is 175 g/mol. The fraction of sp³-hybridized carbons (Fsp3) is 0.250. The first kappa shape index (κ1) is 9.44. The number of rotatable bonds is 2. The zero-order chi connectivity index (χ0) is 10.0. The van der Waals surface area contributed by atoms with Gasteiger partial charge in [-0.1, -0.05) is 6.07 Å². The zero-order valence-electron chi connectivity index (χ0n) is 7.30. The van der Waals surface area contributed by atoms with Crippen LogP contribution in [0.15, 0.2) is 12.1 Å². The number of nitrogens with zero attached hydrogens (tertiary/aromatic N) is 1. The SMILES string of the molecule is CNc1ccc(C)c(F)c1[N+](=O)[O-]. The summed E-state index contributed by atoms with van der Waals surface area (Å²) in [6.07, 6.45) is 0. The molecule has 0 amide bonds. The standard InChI is InChI=1S/C8H9FN2O2/c1-5-3-4-6(10-2)8(7(5)9)11(12)13/h3-4,10H,1-2H3. The molecule has 70 valence electrons. The Morgan fingerprint density at radius 1 is 1.54 bits per heavy atom. The predicted octanol–water partition coefficient (Wildman–Crippen LogP) is 2.08. The summed E-state index contributed by atoms with van der Waals surface area (Å²) < 4.78 is 13.2. The molecule has 1 rings (SSSR count). The van der Waals surface area contributed by atoms with Gasteiger partial charge < -0.3 is 5.32 Å². The van der Waals surface area contributed by atoms with E-state index in [9.17, 15) is 14.5 Å². The largest absolute Gasteiger partial charge is 0.382 e. The predicted molar refractivity (Wildman–Crippen MR) is 47.3 cm³/mol. The number of hydrogen-bond acceptors (Lipinski definition) is 3. The molecule has 1 N–H and O–H groups in total. The second-order valence-electron chi connectivity index (χ2n) is 2.60. The Hall–Kier alpha value is -1.65. The molecule has 0 unspecified atom stereocenters. The lowest BCUT2D eigenvalue weighted by molar-refractivity contribution is -0.386. The second-order valence-corrected chi connectivity index (χ2v) is 2.60. The Labute approximate surface area is 74.5 Å². The van der Waals surface area contributed by atoms with Gasteiger partial charge in [0.2, 0.25) is 5.82 Å². The summed E-state index contributed by atoms with van der Waals surface area (Å²) in [5.74, 6) is -0.781. The van der Waals surface area contributed by atoms with Crippen LogP contribution in [0.4, 0.5) is 15.8 Å². The van der Waals surface area contributed by atoms with Crippen molar-refractivity contribution in [3.8, 4) is 0 Å². The summed E-state index contributed by atoms with van der Waals surface area (Å²) in [7, 11) is 1.51. The molecule has 13 heavy (non-hydrogen) atoms. The molecule has 0 heterocycles. The smallest absolute Gasteiger partial charge is 0.327 e. The van der Waals surface area contributed by atoms with Gasteiger partial charge in [0, 0.05) is 7.05 Å². The van der Waals surface area contributed by atoms with E-state index in [-0.39, 0.29) is 11.3 Å². The fourth-order valence-corrected chi connectivity index (χ4v) is 1.05. The van der Waals surface area contributed by atoms with Gasteiger partial charge in [-0.2, -0.15) is 4.39 Å². The molecule has 0 aromatic heterocycles. The van der Waals surface area contributed by atoms with Crippen LogP contribution in [0.3, 0.4) is 0 Å². The Morgan fingerprint density at radius 2 is 2.15 bits per heavy atom. The molecule has 0 radical (unpaired) electrons. The van der Waals surface area contributed by atoms with E-state index in [0.717, 1.165) is 0 Å². The van der Waals surface area contributed by atoms with Crippen LogP contribution >= 0.6 is 0 Å². The first-order valence-electron chi connectivity index (χ1n) is 3.69. The number of halogens is 1. The lowest BCUT2D eigenvalue weighted by Crippen LogP contribution is -2.00. The van der Waals surface area contributed by atoms with E-state index in [4.69, 9.17) is 0 Å². The average molecular weight is 184 g/mol. The zero-order valence-corrected chi connectivity index (χ0v) is 7.30. The first-order valence-corrected chi connectivity index (χ1v) is 3.69. The highest BCUT2D eigenvalue weighted by molar-refractivity contribution is 5.63. The van der Waals surface area contributed by atoms with Crippen LogP contribution in [0, 0.1) is 22.9 Å². The number of anilines is 1. The van der Waals surface area contributed by atoms with Crippen molar-refractivity contribution in [3.05, 3.63) is 33.6 Å². The summed E-state index contributed by atoms with van der Waals surface area (Å²) in [5, 5.41) is 13.0. The van der Waals surface area contributed by atoms with Crippen LogP contribution in [0.1, 0.15) is 5.56 Å². The minimum Gasteiger partial charge on any atom is -0.382 e. The summed E-state index contributed by atoms with van der Waals surface area (Å²) in [5.41, 5.74) is -0.0405. The molecule has 0 bridgehead atoms. The van der Waals surface area contributed by atoms with E-state index in [0.29, 0.717) is 0 Å². The van der Waals surface area contributed by atoms with Gasteiger partial charge in [-0.05, 0) is 18.6 Å². The number of hydrogen-bond donors (Lipinski definition) is 1. The molecule has 0 aliphatic carbocycles. The molecule has 0 atom stereocenters. The maximum atomic E-state index is 13.2. The van der Waals surface area contributed by atoms with Gasteiger partial charge in [-0.15, -0.1) is 0 Å². The fourth-order valence-electron chi connectivity index (χ4n) is 1.05. The van der Waals surface area contributed by atoms with Gasteiger partial charge in [-0.3, -0.25) is 10.1 Å². The molecule has 0 aliphatic heterocycles. The quantitative estimate of drug-likeness (QED) is 0.565. The van der Waals surface area contributed by atoms with E-state index in [1.165, 1.54) is 26.1 Å². The van der Waals surface area contributed by atoms with E-state index in [1.807, 2.05) is 0 Å². The number of benzene rings is 1. The molecule has 0 saturated heterocycles. The van der Waals surface area contributed by atoms with Crippen molar-refractivity contribution < 1.29 is 9.31 Å². The van der Waals surface area contributed by atoms with Gasteiger partial charge in [0.25, 0.3) is 0 Å². The van der Waals surface area contributed by atoms with Gasteiger partial charge in [-0.25, -0.2) is 0 Å². The van der Waals surface area contributed by atoms with Gasteiger partial charge >= 0.3 is 5.69 Å². The third-order valence-corrected chi connectivity index (χ3v) is 1.76. The highest BCUT2D eigenvalue weighted by atomic mass is 19.1. The average Bonchev–Trinajstić information content (AvgIpc) is 2.08. The molecule has 5 heteroatoms. The molecule has 0 aliphatic rings. The third-order valence-electron chi connectivity index (χ3n) is 1.76. The Balaban J connectivity index is 3.41.